The monoisotopic (exact) mass is 733 g/mol. The number of amides is 6. The van der Waals surface area contributed by atoms with E-state index < -0.39 is 29.7 Å². The maximum absolute atomic E-state index is 13.5. The Balaban J connectivity index is 1.11. The van der Waals surface area contributed by atoms with Crippen molar-refractivity contribution in [3.8, 4) is 5.75 Å². The average molecular weight is 734 g/mol. The number of nitrogens with zero attached hydrogens (tertiary/aromatic N) is 4. The SMILES string of the molecule is Cc1csc2c(O)cc3c(c12)[C@H](CCl)CN3C(=O)Nc1cc(C(=O)Nc2cc(C(=O)Nc3cc(C(=O)NCCC(N)=O)n(C)c3)n(C)c2)n(C)c1. The molecule has 1 aromatic carbocycles. The summed E-state index contributed by atoms with van der Waals surface area (Å²) in [6, 6.07) is 5.73. The minimum Gasteiger partial charge on any atom is -0.506 e. The predicted molar refractivity (Wildman–Crippen MR) is 196 cm³/mol. The van der Waals surface area contributed by atoms with Gasteiger partial charge >= 0.3 is 6.03 Å². The smallest absolute Gasteiger partial charge is 0.326 e. The number of nitrogens with one attached hydrogen (secondary N) is 4. The van der Waals surface area contributed by atoms with Crippen LogP contribution in [0.5, 0.6) is 5.75 Å². The van der Waals surface area contributed by atoms with Crippen molar-refractivity contribution in [1.29, 1.82) is 0 Å². The number of aromatic nitrogens is 3. The van der Waals surface area contributed by atoms with Gasteiger partial charge in [0.15, 0.2) is 0 Å². The molecule has 51 heavy (non-hydrogen) atoms. The molecule has 6 rings (SSSR count). The number of nitrogens with two attached hydrogens (primary N) is 1. The fourth-order valence-corrected chi connectivity index (χ4v) is 7.51. The summed E-state index contributed by atoms with van der Waals surface area (Å²) in [5.74, 6) is -1.62. The highest BCUT2D eigenvalue weighted by atomic mass is 35.5. The fourth-order valence-electron chi connectivity index (χ4n) is 6.28. The number of anilines is 4. The van der Waals surface area contributed by atoms with E-state index in [1.54, 1.807) is 65.9 Å². The van der Waals surface area contributed by atoms with Crippen LogP contribution in [0.1, 0.15) is 54.9 Å². The zero-order chi connectivity index (χ0) is 36.7. The number of fused-ring (bicyclic) bond motifs is 3. The summed E-state index contributed by atoms with van der Waals surface area (Å²) in [4.78, 5) is 65.0. The van der Waals surface area contributed by atoms with Crippen LogP contribution in [0.2, 0.25) is 0 Å². The number of halogens is 1. The summed E-state index contributed by atoms with van der Waals surface area (Å²) in [7, 11) is 4.97. The van der Waals surface area contributed by atoms with Crippen molar-refractivity contribution in [2.24, 2.45) is 26.9 Å². The van der Waals surface area contributed by atoms with E-state index in [1.165, 1.54) is 28.0 Å². The molecular weight excluding hydrogens is 698 g/mol. The number of carbonyl (C=O) groups excluding carboxylic acids is 5. The van der Waals surface area contributed by atoms with Gasteiger partial charge in [-0.05, 0) is 41.6 Å². The van der Waals surface area contributed by atoms with Crippen LogP contribution < -0.4 is 31.9 Å². The molecule has 5 aromatic rings. The van der Waals surface area contributed by atoms with Gasteiger partial charge in [0.05, 0.1) is 27.4 Å². The summed E-state index contributed by atoms with van der Waals surface area (Å²) >= 11 is 7.79. The van der Waals surface area contributed by atoms with Crippen molar-refractivity contribution < 1.29 is 29.1 Å². The first-order chi connectivity index (χ1) is 24.2. The lowest BCUT2D eigenvalue weighted by Crippen LogP contribution is -2.34. The third-order valence-corrected chi connectivity index (χ3v) is 10.2. The molecule has 6 amide bonds. The quantitative estimate of drug-likeness (QED) is 0.115. The van der Waals surface area contributed by atoms with E-state index in [0.717, 1.165) is 21.2 Å². The maximum atomic E-state index is 13.5. The maximum Gasteiger partial charge on any atom is 0.326 e. The average Bonchev–Trinajstić information content (AvgIpc) is 3.88. The van der Waals surface area contributed by atoms with E-state index in [1.807, 2.05) is 12.3 Å². The molecule has 5 heterocycles. The minimum absolute atomic E-state index is 0.00340. The van der Waals surface area contributed by atoms with Gasteiger partial charge in [0.2, 0.25) is 5.91 Å². The lowest BCUT2D eigenvalue weighted by Gasteiger charge is -2.18. The number of hydrogen-bond donors (Lipinski definition) is 6. The lowest BCUT2D eigenvalue weighted by molar-refractivity contribution is -0.117. The minimum atomic E-state index is -0.533. The lowest BCUT2D eigenvalue weighted by atomic mass is 9.97. The number of aromatic hydroxyl groups is 1. The van der Waals surface area contributed by atoms with Crippen molar-refractivity contribution in [2.75, 3.05) is 39.8 Å². The Hall–Kier alpha value is -5.74. The van der Waals surface area contributed by atoms with Crippen LogP contribution in [0, 0.1) is 6.92 Å². The molecule has 0 unspecified atom stereocenters. The van der Waals surface area contributed by atoms with E-state index in [2.05, 4.69) is 21.3 Å². The van der Waals surface area contributed by atoms with Crippen molar-refractivity contribution in [3.63, 3.8) is 0 Å². The number of rotatable bonds is 10. The van der Waals surface area contributed by atoms with E-state index in [0.29, 0.717) is 35.2 Å². The highest BCUT2D eigenvalue weighted by Crippen LogP contribution is 2.48. The molecule has 15 nitrogen and oxygen atoms in total. The van der Waals surface area contributed by atoms with E-state index in [-0.39, 0.29) is 41.7 Å². The second-order valence-electron chi connectivity index (χ2n) is 12.4. The largest absolute Gasteiger partial charge is 0.506 e. The molecular formula is C34H36ClN9O6S. The summed E-state index contributed by atoms with van der Waals surface area (Å²) in [6.07, 6.45) is 4.77. The summed E-state index contributed by atoms with van der Waals surface area (Å²) in [5, 5.41) is 24.6. The molecule has 0 saturated heterocycles. The standard InChI is InChI=1S/C34H36ClN9O6S/c1-17-16-51-30-26(45)10-22-29(28(17)30)18(11-35)12-44(22)34(50)40-21-9-25(43(4)15-21)33(49)39-20-8-24(42(3)14-20)32(48)38-19-7-23(41(2)13-19)31(47)37-6-5-27(36)46/h7-10,13-16,18,45H,5-6,11-12H2,1-4H3,(H2,36,46)(H,37,47)(H,38,48)(H,39,49)(H,40,50)/t18-/m1/s1. The normalized spacial score (nSPS) is 13.7. The summed E-state index contributed by atoms with van der Waals surface area (Å²) in [5.41, 5.74) is 9.53. The molecule has 0 bridgehead atoms. The van der Waals surface area contributed by atoms with Crippen molar-refractivity contribution >= 4 is 85.4 Å². The second-order valence-corrected chi connectivity index (χ2v) is 13.6. The molecule has 4 aromatic heterocycles. The first-order valence-electron chi connectivity index (χ1n) is 15.8. The molecule has 0 aliphatic carbocycles. The van der Waals surface area contributed by atoms with Gasteiger partial charge in [0.1, 0.15) is 22.8 Å². The van der Waals surface area contributed by atoms with Crippen LogP contribution in [0.25, 0.3) is 10.1 Å². The van der Waals surface area contributed by atoms with Crippen molar-refractivity contribution in [3.05, 3.63) is 76.4 Å². The molecule has 1 aliphatic rings. The Morgan fingerprint density at radius 3 is 1.92 bits per heavy atom. The Morgan fingerprint density at radius 2 is 1.39 bits per heavy atom. The van der Waals surface area contributed by atoms with E-state index >= 15 is 0 Å². The van der Waals surface area contributed by atoms with Gasteiger partial charge in [-0.1, -0.05) is 0 Å². The van der Waals surface area contributed by atoms with Gasteiger partial charge in [-0.25, -0.2) is 4.79 Å². The van der Waals surface area contributed by atoms with Crippen LogP contribution in [0.15, 0.2) is 48.2 Å². The topological polar surface area (TPSA) is 198 Å². The Kier molecular flexibility index (Phi) is 9.55. The predicted octanol–water partition coefficient (Wildman–Crippen LogP) is 4.42. The number of phenols is 1. The van der Waals surface area contributed by atoms with Gasteiger partial charge in [0, 0.05) is 82.5 Å². The first kappa shape index (κ1) is 35.1. The zero-order valence-corrected chi connectivity index (χ0v) is 29.7. The van der Waals surface area contributed by atoms with Gasteiger partial charge in [-0.2, -0.15) is 0 Å². The molecule has 1 aliphatic heterocycles. The van der Waals surface area contributed by atoms with Crippen molar-refractivity contribution in [2.45, 2.75) is 19.3 Å². The number of primary amides is 1. The summed E-state index contributed by atoms with van der Waals surface area (Å²) in [6.45, 7) is 2.39. The Bertz CT molecular complexity index is 2230. The van der Waals surface area contributed by atoms with Gasteiger partial charge in [-0.3, -0.25) is 24.1 Å². The third-order valence-electron chi connectivity index (χ3n) is 8.70. The number of thiophene rings is 1. The Labute approximate surface area is 300 Å². The molecule has 0 fully saturated rings. The number of urea groups is 1. The number of alkyl halides is 1. The first-order valence-corrected chi connectivity index (χ1v) is 17.2. The van der Waals surface area contributed by atoms with Crippen LogP contribution in [-0.2, 0) is 25.9 Å². The van der Waals surface area contributed by atoms with Crippen LogP contribution in [0.3, 0.4) is 0 Å². The molecule has 7 N–H and O–H groups in total. The van der Waals surface area contributed by atoms with Crippen molar-refractivity contribution in [1.82, 2.24) is 19.0 Å². The second kappa shape index (κ2) is 13.9. The van der Waals surface area contributed by atoms with E-state index in [9.17, 15) is 29.1 Å². The van der Waals surface area contributed by atoms with E-state index in [4.69, 9.17) is 17.3 Å². The van der Waals surface area contributed by atoms with Crippen LogP contribution in [-0.4, -0.2) is 67.4 Å². The summed E-state index contributed by atoms with van der Waals surface area (Å²) < 4.78 is 5.42. The zero-order valence-electron chi connectivity index (χ0n) is 28.2. The highest BCUT2D eigenvalue weighted by Gasteiger charge is 2.35. The number of benzene rings is 1. The fraction of sp³-hybridized carbons (Fsp3) is 0.265. The third kappa shape index (κ3) is 6.87. The number of hydrogen-bond acceptors (Lipinski definition) is 7. The Morgan fingerprint density at radius 1 is 0.863 bits per heavy atom. The van der Waals surface area contributed by atoms with Gasteiger partial charge in [0.25, 0.3) is 17.7 Å². The van der Waals surface area contributed by atoms with Crippen LogP contribution in [0.4, 0.5) is 27.5 Å². The molecule has 0 saturated carbocycles. The number of aryl methyl sites for hydroxylation is 4. The van der Waals surface area contributed by atoms with Gasteiger partial charge < -0.3 is 45.8 Å². The highest BCUT2D eigenvalue weighted by molar-refractivity contribution is 7.17. The van der Waals surface area contributed by atoms with Crippen LogP contribution >= 0.6 is 22.9 Å². The van der Waals surface area contributed by atoms with Gasteiger partial charge in [-0.15, -0.1) is 22.9 Å². The molecule has 0 radical (unpaired) electrons. The molecule has 266 valence electrons. The molecule has 0 spiro atoms. The number of carbonyl (C=O) groups is 5. The number of phenolic OH excluding ortho intramolecular Hbond substituents is 1. The molecule has 1 atom stereocenters. The molecule has 17 heteroatoms.